The lowest BCUT2D eigenvalue weighted by atomic mass is 10.0. The second-order valence-electron chi connectivity index (χ2n) is 4.13. The number of rotatable bonds is 4. The van der Waals surface area contributed by atoms with Crippen LogP contribution in [0.1, 0.15) is 23.1 Å². The lowest BCUT2D eigenvalue weighted by molar-refractivity contribution is -0.143. The summed E-state index contributed by atoms with van der Waals surface area (Å²) in [6, 6.07) is 1.52. The highest BCUT2D eigenvalue weighted by Crippen LogP contribution is 2.36. The fourth-order valence-electron chi connectivity index (χ4n) is 1.52. The summed E-state index contributed by atoms with van der Waals surface area (Å²) >= 11 is 0. The molecule has 0 amide bonds. The van der Waals surface area contributed by atoms with Gasteiger partial charge in [0.05, 0.1) is 11.1 Å². The maximum Gasteiger partial charge on any atom is 0.416 e. The van der Waals surface area contributed by atoms with Crippen molar-refractivity contribution in [2.75, 3.05) is 13.6 Å². The molecule has 1 rings (SSSR count). The number of halogens is 6. The third-order valence-electron chi connectivity index (χ3n) is 2.48. The van der Waals surface area contributed by atoms with Crippen molar-refractivity contribution in [3.05, 3.63) is 41.0 Å². The van der Waals surface area contributed by atoms with E-state index in [9.17, 15) is 26.3 Å². The van der Waals surface area contributed by atoms with Crippen LogP contribution in [0.4, 0.5) is 26.3 Å². The van der Waals surface area contributed by atoms with E-state index in [1.165, 1.54) is 12.2 Å². The summed E-state index contributed by atoms with van der Waals surface area (Å²) < 4.78 is 75.5. The van der Waals surface area contributed by atoms with Gasteiger partial charge in [0.1, 0.15) is 0 Å². The van der Waals surface area contributed by atoms with Crippen LogP contribution in [0.2, 0.25) is 0 Å². The first-order valence-electron chi connectivity index (χ1n) is 5.75. The lowest BCUT2D eigenvalue weighted by Crippen LogP contribution is -2.11. The number of alkyl halides is 6. The smallest absolute Gasteiger partial charge is 0.319 e. The predicted molar refractivity (Wildman–Crippen MR) is 64.0 cm³/mol. The molecule has 1 aromatic carbocycles. The van der Waals surface area contributed by atoms with Crippen LogP contribution in [0.15, 0.2) is 24.3 Å². The van der Waals surface area contributed by atoms with Gasteiger partial charge in [0.25, 0.3) is 0 Å². The molecular weight excluding hydrogens is 284 g/mol. The Morgan fingerprint density at radius 1 is 0.950 bits per heavy atom. The third-order valence-corrected chi connectivity index (χ3v) is 2.48. The average Bonchev–Trinajstić information content (AvgIpc) is 2.32. The lowest BCUT2D eigenvalue weighted by Gasteiger charge is -2.12. The van der Waals surface area contributed by atoms with Gasteiger partial charge in [0.2, 0.25) is 0 Å². The summed E-state index contributed by atoms with van der Waals surface area (Å²) in [5, 5.41) is 2.81. The molecule has 0 aliphatic carbocycles. The van der Waals surface area contributed by atoms with Crippen molar-refractivity contribution in [2.24, 2.45) is 0 Å². The van der Waals surface area contributed by atoms with Gasteiger partial charge in [-0.25, -0.2) is 0 Å². The van der Waals surface area contributed by atoms with E-state index in [1.54, 1.807) is 7.05 Å². The van der Waals surface area contributed by atoms with Gasteiger partial charge in [-0.1, -0.05) is 12.2 Å². The largest absolute Gasteiger partial charge is 0.416 e. The van der Waals surface area contributed by atoms with E-state index in [0.29, 0.717) is 25.1 Å². The van der Waals surface area contributed by atoms with Crippen LogP contribution in [0, 0.1) is 0 Å². The summed E-state index contributed by atoms with van der Waals surface area (Å²) in [6.07, 6.45) is -6.34. The molecular formula is C13H13F6N. The Kier molecular flexibility index (Phi) is 5.21. The van der Waals surface area contributed by atoms with E-state index >= 15 is 0 Å². The summed E-state index contributed by atoms with van der Waals surface area (Å²) in [7, 11) is 1.69. The van der Waals surface area contributed by atoms with Gasteiger partial charge in [-0.15, -0.1) is 0 Å². The Labute approximate surface area is 112 Å². The molecule has 112 valence electrons. The summed E-state index contributed by atoms with van der Waals surface area (Å²) in [6.45, 7) is 0.585. The van der Waals surface area contributed by atoms with Crippen molar-refractivity contribution in [1.29, 1.82) is 0 Å². The van der Waals surface area contributed by atoms with Crippen LogP contribution in [0.3, 0.4) is 0 Å². The Balaban J connectivity index is 3.14. The molecule has 0 aliphatic heterocycles. The molecule has 0 heterocycles. The molecule has 1 nitrogen and oxygen atoms in total. The van der Waals surface area contributed by atoms with Gasteiger partial charge >= 0.3 is 12.4 Å². The van der Waals surface area contributed by atoms with Gasteiger partial charge in [-0.05, 0) is 43.8 Å². The average molecular weight is 297 g/mol. The molecule has 1 N–H and O–H groups in total. The first-order valence-corrected chi connectivity index (χ1v) is 5.75. The first-order chi connectivity index (χ1) is 9.14. The minimum atomic E-state index is -4.81. The Bertz CT molecular complexity index is 440. The molecule has 0 atom stereocenters. The van der Waals surface area contributed by atoms with Crippen LogP contribution < -0.4 is 5.32 Å². The van der Waals surface area contributed by atoms with Crippen LogP contribution in [-0.2, 0) is 12.4 Å². The van der Waals surface area contributed by atoms with E-state index in [1.807, 2.05) is 0 Å². The molecule has 0 bridgehead atoms. The maximum absolute atomic E-state index is 12.6. The van der Waals surface area contributed by atoms with E-state index < -0.39 is 23.5 Å². The number of nitrogens with one attached hydrogen (secondary N) is 1. The molecule has 0 fully saturated rings. The molecule has 0 radical (unpaired) electrons. The zero-order valence-electron chi connectivity index (χ0n) is 10.6. The van der Waals surface area contributed by atoms with Gasteiger partial charge in [-0.2, -0.15) is 26.3 Å². The highest BCUT2D eigenvalue weighted by molar-refractivity contribution is 5.53. The second-order valence-corrected chi connectivity index (χ2v) is 4.13. The van der Waals surface area contributed by atoms with Crippen LogP contribution in [-0.4, -0.2) is 13.6 Å². The molecule has 0 saturated heterocycles. The summed E-state index contributed by atoms with van der Waals surface area (Å²) in [5.74, 6) is 0. The van der Waals surface area contributed by atoms with Crippen LogP contribution in [0.5, 0.6) is 0 Å². The molecule has 0 spiro atoms. The molecule has 1 aromatic rings. The predicted octanol–water partition coefficient (Wildman–Crippen LogP) is 4.35. The number of benzene rings is 1. The van der Waals surface area contributed by atoms with Gasteiger partial charge < -0.3 is 5.32 Å². The number of hydrogen-bond donors (Lipinski definition) is 1. The molecule has 0 aliphatic rings. The zero-order chi connectivity index (χ0) is 15.4. The first kappa shape index (κ1) is 16.6. The van der Waals surface area contributed by atoms with E-state index in [0.717, 1.165) is 0 Å². The summed E-state index contributed by atoms with van der Waals surface area (Å²) in [5.41, 5.74) is -2.73. The van der Waals surface area contributed by atoms with Crippen molar-refractivity contribution < 1.29 is 26.3 Å². The normalized spacial score (nSPS) is 13.2. The van der Waals surface area contributed by atoms with Crippen LogP contribution in [0.25, 0.3) is 6.08 Å². The molecule has 0 unspecified atom stereocenters. The van der Waals surface area contributed by atoms with Crippen molar-refractivity contribution in [1.82, 2.24) is 5.32 Å². The third kappa shape index (κ3) is 4.88. The van der Waals surface area contributed by atoms with Gasteiger partial charge in [0, 0.05) is 0 Å². The maximum atomic E-state index is 12.6. The van der Waals surface area contributed by atoms with Crippen molar-refractivity contribution in [3.8, 4) is 0 Å². The van der Waals surface area contributed by atoms with E-state index in [4.69, 9.17) is 0 Å². The fourth-order valence-corrected chi connectivity index (χ4v) is 1.52. The molecule has 7 heteroatoms. The van der Waals surface area contributed by atoms with Crippen molar-refractivity contribution >= 4 is 6.08 Å². The van der Waals surface area contributed by atoms with E-state index in [2.05, 4.69) is 5.32 Å². The van der Waals surface area contributed by atoms with Crippen molar-refractivity contribution in [2.45, 2.75) is 18.8 Å². The van der Waals surface area contributed by atoms with Gasteiger partial charge in [-0.3, -0.25) is 0 Å². The van der Waals surface area contributed by atoms with E-state index in [-0.39, 0.29) is 11.6 Å². The highest BCUT2D eigenvalue weighted by Gasteiger charge is 2.36. The number of hydrogen-bond acceptors (Lipinski definition) is 1. The quantitative estimate of drug-likeness (QED) is 0.643. The van der Waals surface area contributed by atoms with Crippen LogP contribution >= 0.6 is 0 Å². The standard InChI is InChI=1S/C13H13F6N/c1-20-5-3-2-4-9-6-10(12(14,15)16)8-11(7-9)13(17,18)19/h2,4,6-8,20H,3,5H2,1H3. The molecule has 20 heavy (non-hydrogen) atoms. The minimum absolute atomic E-state index is 0.116. The Morgan fingerprint density at radius 3 is 1.85 bits per heavy atom. The monoisotopic (exact) mass is 297 g/mol. The van der Waals surface area contributed by atoms with Gasteiger partial charge in [0.15, 0.2) is 0 Å². The second kappa shape index (κ2) is 6.30. The Morgan fingerprint density at radius 2 is 1.45 bits per heavy atom. The molecule has 0 aromatic heterocycles. The fraction of sp³-hybridized carbons (Fsp3) is 0.385. The summed E-state index contributed by atoms with van der Waals surface area (Å²) in [4.78, 5) is 0. The molecule has 0 saturated carbocycles. The highest BCUT2D eigenvalue weighted by atomic mass is 19.4. The minimum Gasteiger partial charge on any atom is -0.319 e. The van der Waals surface area contributed by atoms with Crippen molar-refractivity contribution in [3.63, 3.8) is 0 Å². The SMILES string of the molecule is CNCCC=Cc1cc(C(F)(F)F)cc(C(F)(F)F)c1. The Hall–Kier alpha value is -1.50. The topological polar surface area (TPSA) is 12.0 Å². The zero-order valence-corrected chi connectivity index (χ0v) is 10.6.